The first-order chi connectivity index (χ1) is 16.7. The van der Waals surface area contributed by atoms with Gasteiger partial charge in [0.15, 0.2) is 0 Å². The second-order valence-corrected chi connectivity index (χ2v) is 23.3. The standard InChI is InChI=1S/C31H58Si.2CH3.2ClH.Zr/c1-7-12-24-20-30(28-15-10-8-13-26(24)28)32(5,6)31-21-25(19-23(4)18-17-22(2)3)27-14-9-11-16-29(27)31;;;;;/h22-31H,7-21H2,1-6H3;2*1H3;2*1H;/q;2*-1;;;+4/p-2. The van der Waals surface area contributed by atoms with Crippen molar-refractivity contribution in [2.75, 3.05) is 0 Å². The molecule has 4 fully saturated rings. The van der Waals surface area contributed by atoms with Crippen LogP contribution < -0.4 is 0 Å². The van der Waals surface area contributed by atoms with Crippen LogP contribution >= 0.6 is 17.0 Å². The summed E-state index contributed by atoms with van der Waals surface area (Å²) in [5, 5.41) is 0. The fraction of sp³-hybridized carbons (Fsp3) is 0.939. The Bertz CT molecular complexity index is 611. The minimum absolute atomic E-state index is 0. The molecule has 0 amide bonds. The van der Waals surface area contributed by atoms with Crippen molar-refractivity contribution in [3.8, 4) is 0 Å². The van der Waals surface area contributed by atoms with Crippen molar-refractivity contribution in [1.82, 2.24) is 0 Å². The zero-order valence-electron chi connectivity index (χ0n) is 26.1. The molecule has 0 aromatic carbocycles. The van der Waals surface area contributed by atoms with Gasteiger partial charge in [0.25, 0.3) is 0 Å². The number of rotatable bonds is 9. The molecule has 4 heteroatoms. The first-order valence-corrected chi connectivity index (χ1v) is 25.2. The zero-order valence-corrected chi connectivity index (χ0v) is 31.1. The Morgan fingerprint density at radius 1 is 0.730 bits per heavy atom. The second kappa shape index (κ2) is 17.6. The van der Waals surface area contributed by atoms with Gasteiger partial charge < -0.3 is 14.9 Å². The Balaban J connectivity index is 0.00000131. The molecule has 9 atom stereocenters. The molecule has 0 heterocycles. The second-order valence-electron chi connectivity index (χ2n) is 14.4. The van der Waals surface area contributed by atoms with Crippen LogP contribution in [0.15, 0.2) is 0 Å². The van der Waals surface area contributed by atoms with Gasteiger partial charge in [-0.15, -0.1) is 0 Å². The van der Waals surface area contributed by atoms with E-state index in [0.29, 0.717) is 0 Å². The van der Waals surface area contributed by atoms with E-state index in [4.69, 9.17) is 17.0 Å². The van der Waals surface area contributed by atoms with E-state index in [0.717, 1.165) is 58.4 Å². The van der Waals surface area contributed by atoms with Gasteiger partial charge in [-0.3, -0.25) is 0 Å². The molecule has 37 heavy (non-hydrogen) atoms. The van der Waals surface area contributed by atoms with E-state index < -0.39 is 28.9 Å². The molecule has 9 unspecified atom stereocenters. The van der Waals surface area contributed by atoms with Crippen LogP contribution in [0.5, 0.6) is 0 Å². The zero-order chi connectivity index (χ0) is 25.6. The summed E-state index contributed by atoms with van der Waals surface area (Å²) in [4.78, 5) is 0. The summed E-state index contributed by atoms with van der Waals surface area (Å²) in [6, 6.07) is 0. The van der Waals surface area contributed by atoms with Gasteiger partial charge in [-0.2, -0.15) is 0 Å². The van der Waals surface area contributed by atoms with Crippen molar-refractivity contribution in [2.45, 2.75) is 148 Å². The summed E-state index contributed by atoms with van der Waals surface area (Å²) in [6.45, 7) is 15.7. The topological polar surface area (TPSA) is 0 Å². The normalized spacial score (nSPS) is 35.7. The number of hydrogen-bond acceptors (Lipinski definition) is 0. The maximum absolute atomic E-state index is 4.93. The van der Waals surface area contributed by atoms with Gasteiger partial charge >= 0.3 is 37.9 Å². The Morgan fingerprint density at radius 3 is 1.62 bits per heavy atom. The molecule has 4 aliphatic carbocycles. The SMILES string of the molecule is CCCC1CC([Si](C)(C)C2CC(CC(C)CCC(C)C)C3CCCCC32)C2CCCCC12.[CH3-].[CH3-].[Cl][Zr+2][Cl]. The van der Waals surface area contributed by atoms with E-state index in [1.54, 1.807) is 70.6 Å². The predicted octanol–water partition coefficient (Wildman–Crippen LogP) is 12.6. The van der Waals surface area contributed by atoms with Crippen molar-refractivity contribution < 1.29 is 20.8 Å². The molecule has 4 saturated carbocycles. The molecule has 0 nitrogen and oxygen atoms in total. The van der Waals surface area contributed by atoms with Crippen LogP contribution in [0.25, 0.3) is 0 Å². The molecular formula is C33H64Cl2SiZr. The van der Waals surface area contributed by atoms with Crippen LogP contribution in [-0.4, -0.2) is 8.07 Å². The average molecular weight is 651 g/mol. The van der Waals surface area contributed by atoms with Crippen LogP contribution in [-0.2, 0) is 20.8 Å². The molecule has 4 rings (SSSR count). The number of fused-ring (bicyclic) bond motifs is 2. The van der Waals surface area contributed by atoms with E-state index in [-0.39, 0.29) is 14.9 Å². The maximum atomic E-state index is 4.93. The molecule has 0 aliphatic heterocycles. The molecule has 0 spiro atoms. The van der Waals surface area contributed by atoms with Crippen LogP contribution in [0.2, 0.25) is 24.2 Å². The van der Waals surface area contributed by atoms with Gasteiger partial charge in [0.2, 0.25) is 0 Å². The van der Waals surface area contributed by atoms with Gasteiger partial charge in [0.05, 0.1) is 8.07 Å². The third-order valence-corrected chi connectivity index (χ3v) is 16.8. The van der Waals surface area contributed by atoms with Crippen molar-refractivity contribution in [2.24, 2.45) is 47.3 Å². The van der Waals surface area contributed by atoms with Gasteiger partial charge in [0, 0.05) is 0 Å². The third kappa shape index (κ3) is 9.34. The Hall–Kier alpha value is 1.68. The van der Waals surface area contributed by atoms with Crippen LogP contribution in [0, 0.1) is 62.2 Å². The summed E-state index contributed by atoms with van der Waals surface area (Å²) in [5.74, 6) is 8.49. The van der Waals surface area contributed by atoms with Crippen molar-refractivity contribution in [3.63, 3.8) is 0 Å². The van der Waals surface area contributed by atoms with Crippen LogP contribution in [0.1, 0.15) is 124 Å². The minimum atomic E-state index is -1.25. The Labute approximate surface area is 254 Å². The molecular weight excluding hydrogens is 587 g/mol. The molecule has 0 N–H and O–H groups in total. The predicted molar refractivity (Wildman–Crippen MR) is 169 cm³/mol. The fourth-order valence-corrected chi connectivity index (χ4v) is 15.5. The van der Waals surface area contributed by atoms with Gasteiger partial charge in [-0.25, -0.2) is 0 Å². The van der Waals surface area contributed by atoms with E-state index in [9.17, 15) is 0 Å². The molecule has 0 aromatic rings. The molecule has 0 aromatic heterocycles. The summed E-state index contributed by atoms with van der Waals surface area (Å²) in [5.41, 5.74) is 2.32. The molecule has 0 saturated heterocycles. The Kier molecular flexibility index (Phi) is 17.5. The molecule has 0 radical (unpaired) electrons. The van der Waals surface area contributed by atoms with Crippen molar-refractivity contribution in [3.05, 3.63) is 14.9 Å². The average Bonchev–Trinajstić information content (AvgIpc) is 3.39. The number of halogens is 2. The first-order valence-electron chi connectivity index (χ1n) is 15.7. The summed E-state index contributed by atoms with van der Waals surface area (Å²) in [6.07, 6.45) is 23.3. The van der Waals surface area contributed by atoms with Crippen LogP contribution in [0.3, 0.4) is 0 Å². The monoisotopic (exact) mass is 648 g/mol. The van der Waals surface area contributed by atoms with E-state index in [1.807, 2.05) is 0 Å². The summed E-state index contributed by atoms with van der Waals surface area (Å²) < 4.78 is 0. The molecule has 0 bridgehead atoms. The fourth-order valence-electron chi connectivity index (χ4n) is 10.1. The van der Waals surface area contributed by atoms with Gasteiger partial charge in [0.1, 0.15) is 0 Å². The molecule has 4 aliphatic rings. The number of hydrogen-bond donors (Lipinski definition) is 0. The third-order valence-electron chi connectivity index (χ3n) is 11.6. The summed E-state index contributed by atoms with van der Waals surface area (Å²) >= 11 is -0.826. The van der Waals surface area contributed by atoms with E-state index in [2.05, 4.69) is 40.8 Å². The Morgan fingerprint density at radius 2 is 1.16 bits per heavy atom. The van der Waals surface area contributed by atoms with Gasteiger partial charge in [-0.05, 0) is 90.5 Å². The van der Waals surface area contributed by atoms with Crippen LogP contribution in [0.4, 0.5) is 0 Å². The van der Waals surface area contributed by atoms with Crippen molar-refractivity contribution >= 4 is 25.1 Å². The quantitative estimate of drug-likeness (QED) is 0.172. The van der Waals surface area contributed by atoms with Gasteiger partial charge in [-0.1, -0.05) is 105 Å². The van der Waals surface area contributed by atoms with E-state index in [1.165, 1.54) is 25.7 Å². The first kappa shape index (κ1) is 36.7. The van der Waals surface area contributed by atoms with E-state index >= 15 is 0 Å². The molecule has 218 valence electrons. The van der Waals surface area contributed by atoms with Crippen molar-refractivity contribution in [1.29, 1.82) is 0 Å². The summed E-state index contributed by atoms with van der Waals surface area (Å²) in [7, 11) is 8.61.